The molecule has 0 saturated carbocycles. The first kappa shape index (κ1) is 29.2. The lowest BCUT2D eigenvalue weighted by atomic mass is 9.84. The second-order valence-electron chi connectivity index (χ2n) is 13.2. The van der Waals surface area contributed by atoms with E-state index in [1.807, 2.05) is 12.1 Å². The van der Waals surface area contributed by atoms with Crippen LogP contribution in [-0.4, -0.2) is 0 Å². The van der Waals surface area contributed by atoms with Crippen molar-refractivity contribution in [2.45, 2.75) is 26.2 Å². The van der Waals surface area contributed by atoms with E-state index in [1.54, 1.807) is 0 Å². The number of hydrogen-bond donors (Lipinski definition) is 0. The highest BCUT2D eigenvalue weighted by Crippen LogP contribution is 2.45. The van der Waals surface area contributed by atoms with Crippen LogP contribution in [0.5, 0.6) is 0 Å². The summed E-state index contributed by atoms with van der Waals surface area (Å²) in [6.07, 6.45) is 1.13. The van der Waals surface area contributed by atoms with Crippen molar-refractivity contribution in [3.63, 3.8) is 0 Å². The zero-order valence-electron chi connectivity index (χ0n) is 27.8. The Labute approximate surface area is 287 Å². The maximum atomic E-state index is 6.43. The highest BCUT2D eigenvalue weighted by atomic mass is 16.3. The van der Waals surface area contributed by atoms with Crippen LogP contribution >= 0.6 is 0 Å². The minimum atomic E-state index is 0.535. The van der Waals surface area contributed by atoms with E-state index in [0.717, 1.165) is 39.5 Å². The molecular formula is C48H36O. The first-order chi connectivity index (χ1) is 24.2. The van der Waals surface area contributed by atoms with Gasteiger partial charge in [0.05, 0.1) is 0 Å². The molecular weight excluding hydrogens is 593 g/mol. The van der Waals surface area contributed by atoms with Crippen LogP contribution in [0.1, 0.15) is 31.7 Å². The standard InChI is InChI=1S/C48H36O/c1-3-31(2)32-23-25-34(26-24-32)47-41-19-8-7-18-40(41)46(33-13-5-4-6-14-33)42-28-27-36(30-44(42)47)35-15-11-16-37(29-35)38-20-12-21-43-39-17-9-10-22-45(39)49-48(38)43/h4-31H,3H2,1-2H3. The smallest absolute Gasteiger partial charge is 0.143 e. The number of benzene rings is 8. The lowest BCUT2D eigenvalue weighted by molar-refractivity contribution is 0.670. The SMILES string of the molecule is CCC(C)c1ccc(-c2c3ccccc3c(-c3ccccc3)c3ccc(-c4cccc(-c5cccc6c5oc5ccccc56)c4)cc23)cc1. The Hall–Kier alpha value is -5.92. The molecule has 0 aliphatic carbocycles. The Kier molecular flexibility index (Phi) is 7.13. The number of fused-ring (bicyclic) bond motifs is 5. The first-order valence-corrected chi connectivity index (χ1v) is 17.3. The van der Waals surface area contributed by atoms with Gasteiger partial charge in [0.25, 0.3) is 0 Å². The average molecular weight is 629 g/mol. The average Bonchev–Trinajstić information content (AvgIpc) is 3.56. The van der Waals surface area contributed by atoms with Gasteiger partial charge in [-0.3, -0.25) is 0 Å². The summed E-state index contributed by atoms with van der Waals surface area (Å²) in [6.45, 7) is 4.57. The van der Waals surface area contributed by atoms with Crippen molar-refractivity contribution in [1.29, 1.82) is 0 Å². The molecule has 1 heterocycles. The normalized spacial score (nSPS) is 12.3. The van der Waals surface area contributed by atoms with Crippen LogP contribution in [0, 0.1) is 0 Å². The first-order valence-electron chi connectivity index (χ1n) is 17.3. The second-order valence-corrected chi connectivity index (χ2v) is 13.2. The Morgan fingerprint density at radius 3 is 1.76 bits per heavy atom. The summed E-state index contributed by atoms with van der Waals surface area (Å²) in [5, 5.41) is 7.36. The van der Waals surface area contributed by atoms with E-state index in [0.29, 0.717) is 5.92 Å². The van der Waals surface area contributed by atoms with E-state index >= 15 is 0 Å². The van der Waals surface area contributed by atoms with Gasteiger partial charge in [0, 0.05) is 16.3 Å². The van der Waals surface area contributed by atoms with E-state index in [4.69, 9.17) is 4.42 Å². The van der Waals surface area contributed by atoms with Crippen molar-refractivity contribution in [1.82, 2.24) is 0 Å². The minimum absolute atomic E-state index is 0.535. The molecule has 0 aliphatic rings. The van der Waals surface area contributed by atoms with Crippen molar-refractivity contribution in [3.8, 4) is 44.5 Å². The summed E-state index contributed by atoms with van der Waals surface area (Å²) in [4.78, 5) is 0. The summed E-state index contributed by atoms with van der Waals surface area (Å²) in [6, 6.07) is 59.7. The third-order valence-corrected chi connectivity index (χ3v) is 10.4. The van der Waals surface area contributed by atoms with Crippen LogP contribution < -0.4 is 0 Å². The number of furan rings is 1. The fourth-order valence-electron chi connectivity index (χ4n) is 7.64. The van der Waals surface area contributed by atoms with Gasteiger partial charge < -0.3 is 4.42 Å². The number of rotatable bonds is 6. The topological polar surface area (TPSA) is 13.1 Å². The molecule has 0 saturated heterocycles. The summed E-state index contributed by atoms with van der Waals surface area (Å²) < 4.78 is 6.43. The molecule has 1 atom stereocenters. The Bertz CT molecular complexity index is 2640. The summed E-state index contributed by atoms with van der Waals surface area (Å²) >= 11 is 0. The molecule has 0 amide bonds. The van der Waals surface area contributed by atoms with Crippen molar-refractivity contribution >= 4 is 43.5 Å². The predicted octanol–water partition coefficient (Wildman–Crippen LogP) is 14.1. The van der Waals surface area contributed by atoms with Crippen molar-refractivity contribution in [3.05, 3.63) is 169 Å². The molecule has 234 valence electrons. The van der Waals surface area contributed by atoms with Crippen LogP contribution in [0.3, 0.4) is 0 Å². The van der Waals surface area contributed by atoms with E-state index in [9.17, 15) is 0 Å². The van der Waals surface area contributed by atoms with Crippen LogP contribution in [0.2, 0.25) is 0 Å². The molecule has 1 nitrogen and oxygen atoms in total. The third kappa shape index (κ3) is 4.93. The fraction of sp³-hybridized carbons (Fsp3) is 0.0833. The fourth-order valence-corrected chi connectivity index (χ4v) is 7.64. The van der Waals surface area contributed by atoms with Crippen LogP contribution in [-0.2, 0) is 0 Å². The Morgan fingerprint density at radius 2 is 0.980 bits per heavy atom. The monoisotopic (exact) mass is 628 g/mol. The molecule has 0 fully saturated rings. The van der Waals surface area contributed by atoms with Crippen molar-refractivity contribution < 1.29 is 4.42 Å². The summed E-state index contributed by atoms with van der Waals surface area (Å²) in [5.74, 6) is 0.535. The van der Waals surface area contributed by atoms with Crippen LogP contribution in [0.25, 0.3) is 88.0 Å². The maximum absolute atomic E-state index is 6.43. The van der Waals surface area contributed by atoms with E-state index < -0.39 is 0 Å². The number of para-hydroxylation sites is 2. The zero-order chi connectivity index (χ0) is 32.9. The highest BCUT2D eigenvalue weighted by molar-refractivity contribution is 6.22. The van der Waals surface area contributed by atoms with Gasteiger partial charge in [0.2, 0.25) is 0 Å². The van der Waals surface area contributed by atoms with Gasteiger partial charge in [-0.25, -0.2) is 0 Å². The predicted molar refractivity (Wildman–Crippen MR) is 209 cm³/mol. The molecule has 0 aliphatic heterocycles. The van der Waals surface area contributed by atoms with Crippen molar-refractivity contribution in [2.75, 3.05) is 0 Å². The molecule has 8 aromatic carbocycles. The van der Waals surface area contributed by atoms with Gasteiger partial charge in [-0.05, 0) is 96.6 Å². The second kappa shape index (κ2) is 12.0. The van der Waals surface area contributed by atoms with Crippen LogP contribution in [0.4, 0.5) is 0 Å². The molecule has 9 aromatic rings. The van der Waals surface area contributed by atoms with Gasteiger partial charge in [-0.15, -0.1) is 0 Å². The lowest BCUT2D eigenvalue weighted by Gasteiger charge is -2.19. The highest BCUT2D eigenvalue weighted by Gasteiger charge is 2.18. The molecule has 9 rings (SSSR count). The summed E-state index contributed by atoms with van der Waals surface area (Å²) in [5.41, 5.74) is 12.9. The van der Waals surface area contributed by atoms with Crippen LogP contribution in [0.15, 0.2) is 168 Å². The van der Waals surface area contributed by atoms with E-state index in [2.05, 4.69) is 166 Å². The molecule has 0 radical (unpaired) electrons. The van der Waals surface area contributed by atoms with Gasteiger partial charge >= 0.3 is 0 Å². The third-order valence-electron chi connectivity index (χ3n) is 10.4. The zero-order valence-corrected chi connectivity index (χ0v) is 27.8. The van der Waals surface area contributed by atoms with E-state index in [1.165, 1.54) is 60.5 Å². The van der Waals surface area contributed by atoms with Crippen molar-refractivity contribution in [2.24, 2.45) is 0 Å². The Balaban J connectivity index is 1.28. The lowest BCUT2D eigenvalue weighted by Crippen LogP contribution is -1.93. The molecule has 1 aromatic heterocycles. The number of hydrogen-bond acceptors (Lipinski definition) is 1. The van der Waals surface area contributed by atoms with Gasteiger partial charge in [0.15, 0.2) is 0 Å². The molecule has 0 N–H and O–H groups in total. The summed E-state index contributed by atoms with van der Waals surface area (Å²) in [7, 11) is 0. The molecule has 0 bridgehead atoms. The minimum Gasteiger partial charge on any atom is -0.455 e. The van der Waals surface area contributed by atoms with Gasteiger partial charge in [-0.2, -0.15) is 0 Å². The van der Waals surface area contributed by atoms with Gasteiger partial charge in [-0.1, -0.05) is 159 Å². The quantitative estimate of drug-likeness (QED) is 0.167. The largest absolute Gasteiger partial charge is 0.455 e. The van der Waals surface area contributed by atoms with Gasteiger partial charge in [0.1, 0.15) is 11.2 Å². The van der Waals surface area contributed by atoms with E-state index in [-0.39, 0.29) is 0 Å². The molecule has 0 spiro atoms. The maximum Gasteiger partial charge on any atom is 0.143 e. The molecule has 1 unspecified atom stereocenters. The Morgan fingerprint density at radius 1 is 0.429 bits per heavy atom. The molecule has 1 heteroatoms. The molecule has 49 heavy (non-hydrogen) atoms.